The third-order valence-corrected chi connectivity index (χ3v) is 10.2. The molecule has 16 heteroatoms. The van der Waals surface area contributed by atoms with Gasteiger partial charge < -0.3 is 42.7 Å². The lowest BCUT2D eigenvalue weighted by Gasteiger charge is -2.60. The maximum atomic E-state index is 14.6. The summed E-state index contributed by atoms with van der Waals surface area (Å²) in [5.74, 6) is -10.5. The Balaban J connectivity index is 1.57. The van der Waals surface area contributed by atoms with Gasteiger partial charge in [0.15, 0.2) is 34.5 Å². The Hall–Kier alpha value is -5.37. The molecule has 3 aliphatic rings. The predicted molar refractivity (Wildman–Crippen MR) is 182 cm³/mol. The van der Waals surface area contributed by atoms with Crippen molar-refractivity contribution >= 4 is 52.1 Å². The molecule has 16 nitrogen and oxygen atoms in total. The molecule has 2 aromatic carbocycles. The van der Waals surface area contributed by atoms with Gasteiger partial charge in [-0.3, -0.25) is 28.9 Å². The highest BCUT2D eigenvalue weighted by Gasteiger charge is 2.78. The first kappa shape index (κ1) is 35.9. The van der Waals surface area contributed by atoms with Crippen LogP contribution in [0.15, 0.2) is 30.3 Å². The topological polar surface area (TPSA) is 258 Å². The lowest BCUT2D eigenvalue weighted by atomic mass is 9.42. The van der Waals surface area contributed by atoms with Crippen LogP contribution in [0.25, 0.3) is 0 Å². The molecule has 5 rings (SSSR count). The van der Waals surface area contributed by atoms with E-state index in [0.717, 1.165) is 5.69 Å². The van der Waals surface area contributed by atoms with E-state index in [9.17, 15) is 39.1 Å². The third kappa shape index (κ3) is 5.08. The normalized spacial score (nSPS) is 28.6. The number of nitrogens with one attached hydrogen (secondary N) is 2. The number of benzene rings is 2. The monoisotopic (exact) mass is 687 g/mol. The van der Waals surface area contributed by atoms with Crippen molar-refractivity contribution in [3.05, 3.63) is 47.0 Å². The molecule has 0 spiro atoms. The number of phenolic OH excluding ortho intramolecular Hbond substituents is 1. The molecule has 0 aliphatic heterocycles. The van der Waals surface area contributed by atoms with Gasteiger partial charge in [0.2, 0.25) is 5.91 Å². The Kier molecular flexibility index (Phi) is 8.76. The van der Waals surface area contributed by atoms with Gasteiger partial charge in [-0.25, -0.2) is 4.79 Å². The second-order valence-electron chi connectivity index (χ2n) is 14.0. The average Bonchev–Trinajstić information content (AvgIpc) is 2.99. The standard InChI is InChI=1S/C34H41N9O7/c1-41(2)18-9-7-17(8-10-18)40-31(50)39-13-16-11-20(42(3)4)19-12-32(37)14-34(38)27(43(5)6)26(46)22(30(36)49)28(47)33(34,15-35)29(48)23(32)25(45)21(19)24(16)44/h7-11,22-23,27,44H,12-14,37-38H2,1-6H3,(H2,36,49)(H2,39,40,50)/t22?,23?,27-,32-,33+,34-/m1/s1. The van der Waals surface area contributed by atoms with Crippen molar-refractivity contribution in [3.63, 3.8) is 0 Å². The summed E-state index contributed by atoms with van der Waals surface area (Å²) in [7, 11) is 10.0. The number of anilines is 3. The van der Waals surface area contributed by atoms with Crippen molar-refractivity contribution in [1.29, 1.82) is 5.26 Å². The molecular formula is C34H41N9O7. The molecule has 2 saturated carbocycles. The number of ketones is 4. The molecule has 9 N–H and O–H groups in total. The summed E-state index contributed by atoms with van der Waals surface area (Å²) >= 11 is 0. The van der Waals surface area contributed by atoms with E-state index in [1.54, 1.807) is 43.3 Å². The van der Waals surface area contributed by atoms with Crippen molar-refractivity contribution in [3.8, 4) is 11.8 Å². The number of likely N-dealkylation sites (N-methyl/N-ethyl adjacent to an activating group) is 1. The lowest BCUT2D eigenvalue weighted by molar-refractivity contribution is -0.166. The van der Waals surface area contributed by atoms with Crippen molar-refractivity contribution in [1.82, 2.24) is 10.2 Å². The van der Waals surface area contributed by atoms with Crippen LogP contribution in [0.5, 0.6) is 5.75 Å². The van der Waals surface area contributed by atoms with Gasteiger partial charge >= 0.3 is 6.03 Å². The van der Waals surface area contributed by atoms with Crippen molar-refractivity contribution in [2.75, 3.05) is 57.4 Å². The number of amides is 3. The maximum absolute atomic E-state index is 14.6. The van der Waals surface area contributed by atoms with Gasteiger partial charge in [0.05, 0.1) is 23.2 Å². The van der Waals surface area contributed by atoms with Gasteiger partial charge in [0, 0.05) is 62.9 Å². The number of nitriles is 1. The summed E-state index contributed by atoms with van der Waals surface area (Å²) in [5.41, 5.74) is 14.4. The van der Waals surface area contributed by atoms with E-state index in [1.807, 2.05) is 31.1 Å². The highest BCUT2D eigenvalue weighted by molar-refractivity contribution is 6.33. The maximum Gasteiger partial charge on any atom is 0.319 e. The number of carbonyl (C=O) groups excluding carboxylic acids is 6. The molecule has 6 atom stereocenters. The van der Waals surface area contributed by atoms with Gasteiger partial charge in [0.25, 0.3) is 0 Å². The molecule has 2 unspecified atom stereocenters. The minimum absolute atomic E-state index is 0.135. The molecule has 3 aliphatic carbocycles. The molecule has 2 fully saturated rings. The first-order valence-corrected chi connectivity index (χ1v) is 15.8. The molecule has 0 aromatic heterocycles. The van der Waals surface area contributed by atoms with Crippen molar-refractivity contribution in [2.24, 2.45) is 34.5 Å². The van der Waals surface area contributed by atoms with Crippen LogP contribution in [0.1, 0.15) is 27.9 Å². The predicted octanol–water partition coefficient (Wildman–Crippen LogP) is -0.738. The van der Waals surface area contributed by atoms with Crippen LogP contribution in [0.3, 0.4) is 0 Å². The minimum Gasteiger partial charge on any atom is -0.507 e. The number of aromatic hydroxyl groups is 1. The number of nitrogens with zero attached hydrogens (tertiary/aromatic N) is 4. The molecular weight excluding hydrogens is 646 g/mol. The second-order valence-corrected chi connectivity index (χ2v) is 14.0. The summed E-state index contributed by atoms with van der Waals surface area (Å²) in [6, 6.07) is 8.26. The molecule has 50 heavy (non-hydrogen) atoms. The number of rotatable bonds is 7. The molecule has 3 amide bonds. The van der Waals surface area contributed by atoms with Gasteiger partial charge in [0.1, 0.15) is 11.7 Å². The van der Waals surface area contributed by atoms with E-state index < -0.39 is 81.6 Å². The smallest absolute Gasteiger partial charge is 0.319 e. The van der Waals surface area contributed by atoms with Crippen LogP contribution in [-0.2, 0) is 32.1 Å². The summed E-state index contributed by atoms with van der Waals surface area (Å²) in [4.78, 5) is 86.8. The number of fused-ring (bicyclic) bond motifs is 3. The van der Waals surface area contributed by atoms with Crippen LogP contribution < -0.4 is 37.6 Å². The Morgan fingerprint density at radius 1 is 1.00 bits per heavy atom. The first-order chi connectivity index (χ1) is 23.3. The Bertz CT molecular complexity index is 1890. The number of Topliss-reactive ketones (excluding diaryl/α,β-unsaturated/α-hetero) is 4. The minimum atomic E-state index is -2.85. The number of nitrogens with two attached hydrogens (primary N) is 3. The van der Waals surface area contributed by atoms with Crippen LogP contribution >= 0.6 is 0 Å². The Morgan fingerprint density at radius 3 is 2.14 bits per heavy atom. The van der Waals surface area contributed by atoms with E-state index in [-0.39, 0.29) is 29.7 Å². The van der Waals surface area contributed by atoms with Crippen LogP contribution in [0.2, 0.25) is 0 Å². The largest absolute Gasteiger partial charge is 0.507 e. The van der Waals surface area contributed by atoms with E-state index in [0.29, 0.717) is 11.4 Å². The van der Waals surface area contributed by atoms with Crippen LogP contribution in [0.4, 0.5) is 21.9 Å². The average molecular weight is 688 g/mol. The van der Waals surface area contributed by atoms with E-state index in [1.165, 1.54) is 19.0 Å². The molecule has 2 aromatic rings. The zero-order valence-corrected chi connectivity index (χ0v) is 28.7. The molecule has 0 saturated heterocycles. The number of hydrogen-bond donors (Lipinski definition) is 6. The fourth-order valence-corrected chi connectivity index (χ4v) is 8.04. The van der Waals surface area contributed by atoms with Crippen LogP contribution in [-0.4, -0.2) is 104 Å². The Labute approximate surface area is 288 Å². The van der Waals surface area contributed by atoms with Gasteiger partial charge in [-0.05, 0) is 62.8 Å². The highest BCUT2D eigenvalue weighted by Crippen LogP contribution is 2.57. The third-order valence-electron chi connectivity index (χ3n) is 10.2. The van der Waals surface area contributed by atoms with Gasteiger partial charge in [-0.2, -0.15) is 5.26 Å². The van der Waals surface area contributed by atoms with E-state index in [4.69, 9.17) is 17.2 Å². The summed E-state index contributed by atoms with van der Waals surface area (Å²) in [6.45, 7) is -0.235. The zero-order chi connectivity index (χ0) is 37.2. The summed E-state index contributed by atoms with van der Waals surface area (Å²) < 4.78 is 0. The van der Waals surface area contributed by atoms with Gasteiger partial charge in [-0.15, -0.1) is 0 Å². The van der Waals surface area contributed by atoms with Crippen LogP contribution in [0, 0.1) is 28.6 Å². The second kappa shape index (κ2) is 12.2. The highest BCUT2D eigenvalue weighted by atomic mass is 16.3. The summed E-state index contributed by atoms with van der Waals surface area (Å²) in [5, 5.41) is 27.5. The quantitative estimate of drug-likeness (QED) is 0.196. The van der Waals surface area contributed by atoms with E-state index >= 15 is 0 Å². The van der Waals surface area contributed by atoms with E-state index in [2.05, 4.69) is 10.6 Å². The number of urea groups is 1. The number of carbonyl (C=O) groups is 6. The lowest BCUT2D eigenvalue weighted by Crippen LogP contribution is -2.85. The molecule has 0 bridgehead atoms. The summed E-state index contributed by atoms with van der Waals surface area (Å²) in [6.07, 6.45) is -0.738. The van der Waals surface area contributed by atoms with Gasteiger partial charge in [-0.1, -0.05) is 0 Å². The SMILES string of the molecule is CN(C)c1ccc(NC(=O)NCc2cc(N(C)C)c3c(c2O)C(=O)C2C(=O)[C@]4(C#N)C(=O)C(C(N)=O)C(=O)[C@@H](N(C)C)[C@]4(N)C[C@]2(N)C3)cc1. The fourth-order valence-electron chi connectivity index (χ4n) is 8.04. The number of phenols is 1. The van der Waals surface area contributed by atoms with Crippen molar-refractivity contribution in [2.45, 2.75) is 36.5 Å². The fraction of sp³-hybridized carbons (Fsp3) is 0.441. The molecule has 0 radical (unpaired) electrons. The van der Waals surface area contributed by atoms with Crippen molar-refractivity contribution < 1.29 is 33.9 Å². The zero-order valence-electron chi connectivity index (χ0n) is 28.7. The molecule has 0 heterocycles. The first-order valence-electron chi connectivity index (χ1n) is 15.8. The molecule has 264 valence electrons. The number of hydrogen-bond acceptors (Lipinski definition) is 13. The number of primary amides is 1. The Morgan fingerprint density at radius 2 is 1.62 bits per heavy atom.